The molecule has 19 heavy (non-hydrogen) atoms. The smallest absolute Gasteiger partial charge is 0.255 e. The number of primary amides is 1. The largest absolute Gasteiger partial charge is 0.484 e. The quantitative estimate of drug-likeness (QED) is 0.489. The molecular weight excluding hydrogens is 244 g/mol. The Hall–Kier alpha value is -2.24. The zero-order chi connectivity index (χ0) is 14.1. The lowest BCUT2D eigenvalue weighted by Crippen LogP contribution is -2.32. The van der Waals surface area contributed by atoms with Gasteiger partial charge in [-0.1, -0.05) is 19.1 Å². The normalized spacial score (nSPS) is 11.1. The van der Waals surface area contributed by atoms with Gasteiger partial charge in [-0.3, -0.25) is 4.79 Å². The summed E-state index contributed by atoms with van der Waals surface area (Å²) in [7, 11) is 0. The van der Waals surface area contributed by atoms with Crippen molar-refractivity contribution >= 4 is 11.9 Å². The number of amides is 1. The molecule has 5 N–H and O–H groups in total. The van der Waals surface area contributed by atoms with E-state index in [0.29, 0.717) is 18.3 Å². The first-order chi connectivity index (χ1) is 9.11. The van der Waals surface area contributed by atoms with Crippen LogP contribution in [0.3, 0.4) is 0 Å². The summed E-state index contributed by atoms with van der Waals surface area (Å²) in [6.45, 7) is 3.18. The number of rotatable bonds is 7. The Labute approximate surface area is 112 Å². The molecule has 0 saturated carbocycles. The summed E-state index contributed by atoms with van der Waals surface area (Å²) in [5, 5.41) is 2.99. The third kappa shape index (κ3) is 6.30. The van der Waals surface area contributed by atoms with Crippen LogP contribution < -0.4 is 21.5 Å². The highest BCUT2D eigenvalue weighted by atomic mass is 16.5. The topological polar surface area (TPSA) is 103 Å². The van der Waals surface area contributed by atoms with Gasteiger partial charge in [0.15, 0.2) is 12.6 Å². The number of hydrogen-bond donors (Lipinski definition) is 3. The van der Waals surface area contributed by atoms with Gasteiger partial charge >= 0.3 is 0 Å². The Morgan fingerprint density at radius 1 is 1.42 bits per heavy atom. The number of guanidine groups is 1. The number of hydrogen-bond acceptors (Lipinski definition) is 3. The highest BCUT2D eigenvalue weighted by molar-refractivity contribution is 5.77. The zero-order valence-electron chi connectivity index (χ0n) is 11.1. The molecule has 0 aliphatic heterocycles. The molecule has 6 heteroatoms. The van der Waals surface area contributed by atoms with Gasteiger partial charge in [-0.2, -0.15) is 0 Å². The number of nitrogens with zero attached hydrogens (tertiary/aromatic N) is 1. The first kappa shape index (κ1) is 14.8. The van der Waals surface area contributed by atoms with Crippen LogP contribution >= 0.6 is 0 Å². The molecule has 0 atom stereocenters. The van der Waals surface area contributed by atoms with Crippen LogP contribution in [0.5, 0.6) is 5.75 Å². The average molecular weight is 264 g/mol. The summed E-state index contributed by atoms with van der Waals surface area (Å²) < 4.78 is 5.21. The van der Waals surface area contributed by atoms with E-state index in [1.807, 2.05) is 12.1 Å². The lowest BCUT2D eigenvalue weighted by Gasteiger charge is -2.06. The maximum Gasteiger partial charge on any atom is 0.255 e. The molecular formula is C13H20N4O2. The molecule has 0 radical (unpaired) electrons. The molecule has 0 aliphatic carbocycles. The van der Waals surface area contributed by atoms with Gasteiger partial charge in [0.05, 0.1) is 6.54 Å². The highest BCUT2D eigenvalue weighted by Gasteiger charge is 1.99. The molecule has 0 bridgehead atoms. The highest BCUT2D eigenvalue weighted by Crippen LogP contribution is 2.13. The minimum atomic E-state index is -0.503. The molecule has 0 heterocycles. The van der Waals surface area contributed by atoms with Crippen LogP contribution in [-0.4, -0.2) is 25.0 Å². The van der Waals surface area contributed by atoms with Gasteiger partial charge in [0.1, 0.15) is 5.75 Å². The Bertz CT molecular complexity index is 446. The van der Waals surface area contributed by atoms with E-state index >= 15 is 0 Å². The summed E-state index contributed by atoms with van der Waals surface area (Å²) in [6.07, 6.45) is 0.993. The van der Waals surface area contributed by atoms with Crippen LogP contribution in [0.15, 0.2) is 29.3 Å². The van der Waals surface area contributed by atoms with Crippen LogP contribution in [0.4, 0.5) is 0 Å². The van der Waals surface area contributed by atoms with Gasteiger partial charge in [-0.05, 0) is 24.1 Å². The van der Waals surface area contributed by atoms with Crippen LogP contribution in [-0.2, 0) is 11.3 Å². The van der Waals surface area contributed by atoms with Gasteiger partial charge in [0, 0.05) is 6.54 Å². The number of carbonyl (C=O) groups is 1. The van der Waals surface area contributed by atoms with Crippen molar-refractivity contribution < 1.29 is 9.53 Å². The molecule has 1 aromatic carbocycles. The second kappa shape index (κ2) is 7.97. The maximum atomic E-state index is 10.6. The van der Waals surface area contributed by atoms with Crippen molar-refractivity contribution in [3.05, 3.63) is 29.8 Å². The molecule has 6 nitrogen and oxygen atoms in total. The van der Waals surface area contributed by atoms with E-state index in [-0.39, 0.29) is 6.61 Å². The Morgan fingerprint density at radius 2 is 2.21 bits per heavy atom. The second-order valence-corrected chi connectivity index (χ2v) is 4.03. The number of ether oxygens (including phenoxy) is 1. The molecule has 0 aromatic heterocycles. The first-order valence-electron chi connectivity index (χ1n) is 6.15. The second-order valence-electron chi connectivity index (χ2n) is 4.03. The number of nitrogens with one attached hydrogen (secondary N) is 1. The first-order valence-corrected chi connectivity index (χ1v) is 6.15. The van der Waals surface area contributed by atoms with E-state index < -0.39 is 5.91 Å². The fourth-order valence-corrected chi connectivity index (χ4v) is 1.37. The predicted octanol–water partition coefficient (Wildman–Crippen LogP) is 0.365. The molecule has 0 spiro atoms. The van der Waals surface area contributed by atoms with Gasteiger partial charge in [0.25, 0.3) is 5.91 Å². The lowest BCUT2D eigenvalue weighted by atomic mass is 10.2. The standard InChI is InChI=1S/C13H20N4O2/c1-2-6-16-13(15)17-8-10-4-3-5-11(7-10)19-9-12(14)18/h3-5,7H,2,6,8-9H2,1H3,(H2,14,18)(H3,15,16,17). The van der Waals surface area contributed by atoms with E-state index in [4.69, 9.17) is 16.2 Å². The van der Waals surface area contributed by atoms with Crippen molar-refractivity contribution in [2.24, 2.45) is 16.5 Å². The van der Waals surface area contributed by atoms with Crippen LogP contribution in [0.25, 0.3) is 0 Å². The number of aliphatic imine (C=N–C) groups is 1. The third-order valence-corrected chi connectivity index (χ3v) is 2.27. The molecule has 1 aromatic rings. The van der Waals surface area contributed by atoms with Crippen molar-refractivity contribution in [2.45, 2.75) is 19.9 Å². The van der Waals surface area contributed by atoms with E-state index in [1.165, 1.54) is 0 Å². The summed E-state index contributed by atoms with van der Waals surface area (Å²) in [4.78, 5) is 14.8. The maximum absolute atomic E-state index is 10.6. The van der Waals surface area contributed by atoms with E-state index in [9.17, 15) is 4.79 Å². The van der Waals surface area contributed by atoms with Gasteiger partial charge in [0.2, 0.25) is 0 Å². The SMILES string of the molecule is CCCNC(N)=NCc1cccc(OCC(N)=O)c1. The molecule has 104 valence electrons. The molecule has 1 amide bonds. The van der Waals surface area contributed by atoms with Crippen LogP contribution in [0.1, 0.15) is 18.9 Å². The van der Waals surface area contributed by atoms with Crippen LogP contribution in [0.2, 0.25) is 0 Å². The number of benzene rings is 1. The molecule has 0 fully saturated rings. The van der Waals surface area contributed by atoms with Gasteiger partial charge < -0.3 is 21.5 Å². The molecule has 1 rings (SSSR count). The van der Waals surface area contributed by atoms with Crippen molar-refractivity contribution in [3.8, 4) is 5.75 Å². The van der Waals surface area contributed by atoms with Gasteiger partial charge in [-0.15, -0.1) is 0 Å². The monoisotopic (exact) mass is 264 g/mol. The minimum Gasteiger partial charge on any atom is -0.484 e. The molecule has 0 aliphatic rings. The summed E-state index contributed by atoms with van der Waals surface area (Å²) in [5.74, 6) is 0.508. The fraction of sp³-hybridized carbons (Fsp3) is 0.385. The summed E-state index contributed by atoms with van der Waals surface area (Å²) in [6, 6.07) is 7.30. The Kier molecular flexibility index (Phi) is 6.21. The van der Waals surface area contributed by atoms with E-state index in [1.54, 1.807) is 12.1 Å². The third-order valence-electron chi connectivity index (χ3n) is 2.27. The number of nitrogens with two attached hydrogens (primary N) is 2. The predicted molar refractivity (Wildman–Crippen MR) is 74.8 cm³/mol. The molecule has 0 saturated heterocycles. The molecule has 0 unspecified atom stereocenters. The average Bonchev–Trinajstić information content (AvgIpc) is 2.41. The summed E-state index contributed by atoms with van der Waals surface area (Å²) in [5.41, 5.74) is 11.7. The van der Waals surface area contributed by atoms with Crippen molar-refractivity contribution in [3.63, 3.8) is 0 Å². The minimum absolute atomic E-state index is 0.132. The Balaban J connectivity index is 2.54. The lowest BCUT2D eigenvalue weighted by molar-refractivity contribution is -0.119. The van der Waals surface area contributed by atoms with Gasteiger partial charge in [-0.25, -0.2) is 4.99 Å². The summed E-state index contributed by atoms with van der Waals surface area (Å²) >= 11 is 0. The van der Waals surface area contributed by atoms with Crippen molar-refractivity contribution in [2.75, 3.05) is 13.2 Å². The fourth-order valence-electron chi connectivity index (χ4n) is 1.37. The van der Waals surface area contributed by atoms with E-state index in [0.717, 1.165) is 18.5 Å². The zero-order valence-corrected chi connectivity index (χ0v) is 11.1. The van der Waals surface area contributed by atoms with E-state index in [2.05, 4.69) is 17.2 Å². The van der Waals surface area contributed by atoms with Crippen molar-refractivity contribution in [1.82, 2.24) is 5.32 Å². The van der Waals surface area contributed by atoms with Crippen molar-refractivity contribution in [1.29, 1.82) is 0 Å². The van der Waals surface area contributed by atoms with Crippen LogP contribution in [0, 0.1) is 0 Å². The Morgan fingerprint density at radius 3 is 2.89 bits per heavy atom. The number of carbonyl (C=O) groups excluding carboxylic acids is 1.